The fourth-order valence-electron chi connectivity index (χ4n) is 3.02. The number of hydrogen-bond donors (Lipinski definition) is 1. The highest BCUT2D eigenvalue weighted by Crippen LogP contribution is 2.38. The Morgan fingerprint density at radius 3 is 2.33 bits per heavy atom. The normalized spacial score (nSPS) is 10.7. The highest BCUT2D eigenvalue weighted by atomic mass is 16.5. The molecule has 0 atom stereocenters. The molecule has 3 aromatic rings. The molecule has 0 aliphatic rings. The van der Waals surface area contributed by atoms with Gasteiger partial charge >= 0.3 is 0 Å². The summed E-state index contributed by atoms with van der Waals surface area (Å²) in [5.41, 5.74) is 2.72. The number of imidazole rings is 1. The Labute approximate surface area is 157 Å². The zero-order valence-electron chi connectivity index (χ0n) is 15.9. The third-order valence-corrected chi connectivity index (χ3v) is 4.41. The second-order valence-corrected chi connectivity index (χ2v) is 6.06. The topological polar surface area (TPSA) is 74.6 Å². The molecule has 0 saturated carbocycles. The number of methoxy groups -OCH3 is 3. The van der Waals surface area contributed by atoms with Crippen LogP contribution in [0.2, 0.25) is 0 Å². The highest BCUT2D eigenvalue weighted by molar-refractivity contribution is 5.79. The van der Waals surface area contributed by atoms with Crippen molar-refractivity contribution in [3.63, 3.8) is 0 Å². The number of amides is 1. The number of benzene rings is 2. The molecule has 0 spiro atoms. The summed E-state index contributed by atoms with van der Waals surface area (Å²) in [7, 11) is 6.58. The number of aromatic nitrogens is 2. The number of ether oxygens (including phenoxy) is 3. The fraction of sp³-hybridized carbons (Fsp3) is 0.300. The molecule has 7 nitrogen and oxygen atoms in total. The van der Waals surface area contributed by atoms with Crippen LogP contribution in [0.3, 0.4) is 0 Å². The first-order valence-corrected chi connectivity index (χ1v) is 8.53. The number of para-hydroxylation sites is 2. The number of rotatable bonds is 7. The van der Waals surface area contributed by atoms with Crippen LogP contribution in [-0.2, 0) is 24.8 Å². The van der Waals surface area contributed by atoms with Gasteiger partial charge < -0.3 is 24.1 Å². The second-order valence-electron chi connectivity index (χ2n) is 6.06. The molecule has 2 aromatic carbocycles. The second kappa shape index (κ2) is 7.99. The van der Waals surface area contributed by atoms with Crippen LogP contribution in [-0.4, -0.2) is 36.8 Å². The summed E-state index contributed by atoms with van der Waals surface area (Å²) in [5, 5.41) is 2.92. The molecule has 142 valence electrons. The van der Waals surface area contributed by atoms with Gasteiger partial charge in [0.1, 0.15) is 5.82 Å². The van der Waals surface area contributed by atoms with Gasteiger partial charge in [0.05, 0.1) is 45.3 Å². The van der Waals surface area contributed by atoms with Crippen molar-refractivity contribution in [3.05, 3.63) is 47.8 Å². The Balaban J connectivity index is 1.71. The van der Waals surface area contributed by atoms with Crippen molar-refractivity contribution in [2.75, 3.05) is 21.3 Å². The van der Waals surface area contributed by atoms with E-state index in [-0.39, 0.29) is 12.3 Å². The summed E-state index contributed by atoms with van der Waals surface area (Å²) in [6.07, 6.45) is 0.195. The van der Waals surface area contributed by atoms with E-state index in [4.69, 9.17) is 14.2 Å². The van der Waals surface area contributed by atoms with Crippen molar-refractivity contribution >= 4 is 16.9 Å². The number of aryl methyl sites for hydroxylation is 1. The van der Waals surface area contributed by atoms with E-state index >= 15 is 0 Å². The lowest BCUT2D eigenvalue weighted by atomic mass is 10.1. The summed E-state index contributed by atoms with van der Waals surface area (Å²) >= 11 is 0. The van der Waals surface area contributed by atoms with E-state index in [9.17, 15) is 4.79 Å². The van der Waals surface area contributed by atoms with Crippen LogP contribution in [0.4, 0.5) is 0 Å². The molecule has 0 aliphatic heterocycles. The lowest BCUT2D eigenvalue weighted by Crippen LogP contribution is -2.26. The number of fused-ring (bicyclic) bond motifs is 1. The Morgan fingerprint density at radius 2 is 1.74 bits per heavy atom. The van der Waals surface area contributed by atoms with E-state index in [0.29, 0.717) is 23.8 Å². The van der Waals surface area contributed by atoms with Gasteiger partial charge in [0.2, 0.25) is 11.7 Å². The van der Waals surface area contributed by atoms with Gasteiger partial charge in [-0.25, -0.2) is 4.98 Å². The Bertz CT molecular complexity index is 940. The van der Waals surface area contributed by atoms with Crippen LogP contribution in [0.1, 0.15) is 11.4 Å². The van der Waals surface area contributed by atoms with E-state index in [2.05, 4.69) is 10.3 Å². The summed E-state index contributed by atoms with van der Waals surface area (Å²) in [4.78, 5) is 17.0. The molecule has 0 saturated heterocycles. The minimum atomic E-state index is -0.115. The van der Waals surface area contributed by atoms with E-state index in [1.165, 1.54) is 0 Å². The smallest absolute Gasteiger partial charge is 0.224 e. The molecule has 0 fully saturated rings. The molecule has 7 heteroatoms. The molecule has 1 aromatic heterocycles. The molecule has 1 amide bonds. The number of carbonyl (C=O) groups excluding carboxylic acids is 1. The zero-order valence-corrected chi connectivity index (χ0v) is 15.9. The molecule has 3 rings (SSSR count). The lowest BCUT2D eigenvalue weighted by Gasteiger charge is -2.14. The molecular weight excluding hydrogens is 346 g/mol. The first-order valence-electron chi connectivity index (χ1n) is 8.53. The molecule has 1 N–H and O–H groups in total. The third kappa shape index (κ3) is 3.81. The van der Waals surface area contributed by atoms with Crippen molar-refractivity contribution in [3.8, 4) is 17.2 Å². The fourth-order valence-corrected chi connectivity index (χ4v) is 3.02. The van der Waals surface area contributed by atoms with Crippen LogP contribution in [0.25, 0.3) is 11.0 Å². The number of nitrogens with zero attached hydrogens (tertiary/aromatic N) is 2. The molecule has 1 heterocycles. The monoisotopic (exact) mass is 369 g/mol. The molecule has 0 unspecified atom stereocenters. The summed E-state index contributed by atoms with van der Waals surface area (Å²) in [6.45, 7) is 0.356. The van der Waals surface area contributed by atoms with E-state index in [1.807, 2.05) is 35.9 Å². The van der Waals surface area contributed by atoms with Crippen LogP contribution >= 0.6 is 0 Å². The average molecular weight is 369 g/mol. The predicted molar refractivity (Wildman–Crippen MR) is 102 cm³/mol. The standard InChI is InChI=1S/C20H23N3O4/c1-23-15-8-6-5-7-14(15)22-18(23)12-21-19(24)11-13-9-16(25-2)20(27-4)17(10-13)26-3/h5-10H,11-12H2,1-4H3,(H,21,24). The van der Waals surface area contributed by atoms with Crippen LogP contribution < -0.4 is 19.5 Å². The quantitative estimate of drug-likeness (QED) is 0.692. The van der Waals surface area contributed by atoms with Crippen molar-refractivity contribution in [2.24, 2.45) is 7.05 Å². The van der Waals surface area contributed by atoms with Crippen molar-refractivity contribution in [2.45, 2.75) is 13.0 Å². The van der Waals surface area contributed by atoms with Gasteiger partial charge in [0, 0.05) is 7.05 Å². The van der Waals surface area contributed by atoms with E-state index < -0.39 is 0 Å². The summed E-state index contributed by atoms with van der Waals surface area (Å²) < 4.78 is 17.9. The Hall–Kier alpha value is -3.22. The Morgan fingerprint density at radius 1 is 1.07 bits per heavy atom. The average Bonchev–Trinajstić information content (AvgIpc) is 3.01. The number of carbonyl (C=O) groups is 1. The molecule has 0 radical (unpaired) electrons. The Kier molecular flexibility index (Phi) is 5.49. The first kappa shape index (κ1) is 18.6. The van der Waals surface area contributed by atoms with Crippen LogP contribution in [0.5, 0.6) is 17.2 Å². The zero-order chi connectivity index (χ0) is 19.4. The first-order chi connectivity index (χ1) is 13.1. The summed E-state index contributed by atoms with van der Waals surface area (Å²) in [6, 6.07) is 11.4. The maximum Gasteiger partial charge on any atom is 0.224 e. The van der Waals surface area contributed by atoms with Gasteiger partial charge in [-0.3, -0.25) is 4.79 Å². The van der Waals surface area contributed by atoms with Crippen molar-refractivity contribution in [1.29, 1.82) is 0 Å². The van der Waals surface area contributed by atoms with Gasteiger partial charge in [-0.2, -0.15) is 0 Å². The molecule has 0 bridgehead atoms. The highest BCUT2D eigenvalue weighted by Gasteiger charge is 2.15. The van der Waals surface area contributed by atoms with Gasteiger partial charge in [0.15, 0.2) is 11.5 Å². The van der Waals surface area contributed by atoms with Gasteiger partial charge in [-0.05, 0) is 29.8 Å². The van der Waals surface area contributed by atoms with Crippen molar-refractivity contribution in [1.82, 2.24) is 14.9 Å². The predicted octanol–water partition coefficient (Wildman–Crippen LogP) is 2.46. The van der Waals surface area contributed by atoms with Crippen molar-refractivity contribution < 1.29 is 19.0 Å². The van der Waals surface area contributed by atoms with E-state index in [0.717, 1.165) is 22.4 Å². The van der Waals surface area contributed by atoms with E-state index in [1.54, 1.807) is 33.5 Å². The SMILES string of the molecule is COc1cc(CC(=O)NCc2nc3ccccc3n2C)cc(OC)c1OC. The molecule has 27 heavy (non-hydrogen) atoms. The van der Waals surface area contributed by atoms with Gasteiger partial charge in [-0.15, -0.1) is 0 Å². The van der Waals surface area contributed by atoms with Crippen LogP contribution in [0.15, 0.2) is 36.4 Å². The lowest BCUT2D eigenvalue weighted by molar-refractivity contribution is -0.120. The van der Waals surface area contributed by atoms with Gasteiger partial charge in [-0.1, -0.05) is 12.1 Å². The molecular formula is C20H23N3O4. The molecule has 0 aliphatic carbocycles. The van der Waals surface area contributed by atoms with Crippen LogP contribution in [0, 0.1) is 0 Å². The minimum absolute atomic E-state index is 0.115. The summed E-state index contributed by atoms with van der Waals surface area (Å²) in [5.74, 6) is 2.24. The van der Waals surface area contributed by atoms with Gasteiger partial charge in [0.25, 0.3) is 0 Å². The maximum atomic E-state index is 12.4. The minimum Gasteiger partial charge on any atom is -0.493 e. The third-order valence-electron chi connectivity index (χ3n) is 4.41. The maximum absolute atomic E-state index is 12.4. The number of hydrogen-bond acceptors (Lipinski definition) is 5. The number of nitrogens with one attached hydrogen (secondary N) is 1. The largest absolute Gasteiger partial charge is 0.493 e.